The molecule has 0 radical (unpaired) electrons. The molecule has 0 saturated carbocycles. The van der Waals surface area contributed by atoms with Crippen LogP contribution in [0.3, 0.4) is 0 Å². The standard InChI is InChI=1S/C13H16N2O2.C13H16N2O.C11H12N2O2.C11H14N2O.C7H11BrO3.C7H12O3.C5H6N2.C5H10O.5C2H6.2CH4/c1-3-17-13(16)8-7-11-10(2)14-12-6-4-5-9-15(11)12;1-3-11(16)7-8-12-10(2)14-13-6-4-5-9-15(12)13;1-8-9(5-6-11(14)15)13-7-3-2-4-10(13)12-8;1-9-10(5-4-8-14)13-7-3-2-6-11(13)12-9;1-3-11-7(10)4-6(8)5(2)9;1-3-10-7(9)5-4-6(2)8;6-5-3-1-2-4-7-5;1-3-4-5(2)6;5*1-2;;/h4-6,9H,3,7-8H2,1-2H3;4-6,9H,3,7-8H2,1-2H3;2-4,7H,5-6H2,1H3,(H,14,15);2-3,6-7,14H,4-5,8H2,1H3;6H,3-4H2,1-2H3;3-5H2,1-2H3;1-4H,(H2,6,7);3-4H2,1-2H3;5*1-2H3;2*1H4. The van der Waals surface area contributed by atoms with Gasteiger partial charge in [0.15, 0.2) is 0 Å². The highest BCUT2D eigenvalue weighted by molar-refractivity contribution is 9.10. The molecule has 0 spiro atoms. The minimum Gasteiger partial charge on any atom is -0.481 e. The van der Waals surface area contributed by atoms with Gasteiger partial charge in [-0.25, -0.2) is 24.9 Å². The Labute approximate surface area is 654 Å². The molecular weight excluding hydrogens is 1440 g/mol. The Balaban J connectivity index is -0.000000274. The third-order valence-electron chi connectivity index (χ3n) is 13.7. The summed E-state index contributed by atoms with van der Waals surface area (Å²) in [6.45, 7) is 43.0. The molecule has 9 aromatic rings. The second-order valence-electron chi connectivity index (χ2n) is 21.5. The maximum absolute atomic E-state index is 11.3. The van der Waals surface area contributed by atoms with E-state index in [2.05, 4.69) is 59.1 Å². The number of carboxylic acids is 1. The van der Waals surface area contributed by atoms with Gasteiger partial charge < -0.3 is 57.3 Å². The number of halogens is 1. The van der Waals surface area contributed by atoms with Gasteiger partial charge in [0.1, 0.15) is 51.5 Å². The number of nitrogens with zero attached hydrogens (tertiary/aromatic N) is 9. The number of pyridine rings is 5. The fraction of sp³-hybridized carbons (Fsp3) is 0.512. The number of alkyl halides is 1. The van der Waals surface area contributed by atoms with Gasteiger partial charge in [-0.2, -0.15) is 0 Å². The molecule has 4 N–H and O–H groups in total. The summed E-state index contributed by atoms with van der Waals surface area (Å²) in [7, 11) is 0. The fourth-order valence-corrected chi connectivity index (χ4v) is 9.24. The number of anilines is 1. The number of aryl methyl sites for hydroxylation is 8. The smallest absolute Gasteiger partial charge is 0.307 e. The van der Waals surface area contributed by atoms with Crippen molar-refractivity contribution in [2.45, 2.75) is 262 Å². The van der Waals surface area contributed by atoms with Gasteiger partial charge in [-0.15, -0.1) is 0 Å². The van der Waals surface area contributed by atoms with Crippen LogP contribution in [0.15, 0.2) is 122 Å². The molecule has 9 heterocycles. The van der Waals surface area contributed by atoms with E-state index in [0.29, 0.717) is 69.9 Å². The first-order valence-electron chi connectivity index (χ1n) is 37.2. The molecule has 9 aromatic heterocycles. The van der Waals surface area contributed by atoms with E-state index in [1.807, 2.05) is 236 Å². The van der Waals surface area contributed by atoms with Crippen LogP contribution in [0.5, 0.6) is 0 Å². The van der Waals surface area contributed by atoms with Crippen LogP contribution >= 0.6 is 15.9 Å². The highest BCUT2D eigenvalue weighted by Crippen LogP contribution is 2.18. The molecule has 1 atom stereocenters. The number of Topliss-reactive ketones (excluding diaryl/α,β-unsaturated/α-hetero) is 4. The van der Waals surface area contributed by atoms with Crippen LogP contribution in [-0.4, -0.2) is 131 Å². The predicted molar refractivity (Wildman–Crippen MR) is 445 cm³/mol. The van der Waals surface area contributed by atoms with Crippen LogP contribution in [0.1, 0.15) is 249 Å². The lowest BCUT2D eigenvalue weighted by atomic mass is 10.1. The van der Waals surface area contributed by atoms with E-state index in [4.69, 9.17) is 20.7 Å². The number of rotatable bonds is 24. The summed E-state index contributed by atoms with van der Waals surface area (Å²) >= 11 is 3.06. The van der Waals surface area contributed by atoms with E-state index in [-0.39, 0.29) is 76.0 Å². The first-order valence-corrected chi connectivity index (χ1v) is 38.1. The molecule has 0 saturated heterocycles. The summed E-state index contributed by atoms with van der Waals surface area (Å²) in [6, 6.07) is 29.0. The lowest BCUT2D eigenvalue weighted by Crippen LogP contribution is -2.16. The van der Waals surface area contributed by atoms with E-state index in [1.54, 1.807) is 33.0 Å². The van der Waals surface area contributed by atoms with Crippen molar-refractivity contribution in [3.8, 4) is 0 Å². The zero-order valence-electron chi connectivity index (χ0n) is 67.7. The van der Waals surface area contributed by atoms with E-state index in [0.717, 1.165) is 94.6 Å². The van der Waals surface area contributed by atoms with Gasteiger partial charge in [-0.1, -0.05) is 144 Å². The first-order chi connectivity index (χ1) is 50.8. The van der Waals surface area contributed by atoms with Crippen LogP contribution in [0.25, 0.3) is 22.6 Å². The van der Waals surface area contributed by atoms with Gasteiger partial charge in [0, 0.05) is 98.9 Å². The number of hydrogen-bond acceptors (Lipinski definition) is 18. The third kappa shape index (κ3) is 47.4. The summed E-state index contributed by atoms with van der Waals surface area (Å²) in [5, 5.41) is 17.4. The van der Waals surface area contributed by atoms with Crippen molar-refractivity contribution in [2.75, 3.05) is 32.2 Å². The average Bonchev–Trinajstić information content (AvgIpc) is 1.70. The number of carboxylic acid groups (broad SMARTS) is 1. The van der Waals surface area contributed by atoms with Gasteiger partial charge in [0.2, 0.25) is 0 Å². The van der Waals surface area contributed by atoms with E-state index >= 15 is 0 Å². The Morgan fingerprint density at radius 3 is 1.06 bits per heavy atom. The second-order valence-corrected chi connectivity index (χ2v) is 22.6. The molecule has 1 unspecified atom stereocenters. The minimum atomic E-state index is -0.778. The minimum absolute atomic E-state index is 0. The second kappa shape index (κ2) is 69.5. The first kappa shape index (κ1) is 110. The van der Waals surface area contributed by atoms with Crippen LogP contribution in [0, 0.1) is 27.7 Å². The molecule has 108 heavy (non-hydrogen) atoms. The van der Waals surface area contributed by atoms with Crippen LogP contribution < -0.4 is 5.73 Å². The molecule has 9 rings (SSSR count). The highest BCUT2D eigenvalue weighted by atomic mass is 79.9. The molecule has 0 aromatic carbocycles. The number of nitrogens with two attached hydrogens (primary N) is 1. The van der Waals surface area contributed by atoms with Crippen molar-refractivity contribution < 1.29 is 62.8 Å². The van der Waals surface area contributed by atoms with E-state index in [1.165, 1.54) is 19.5 Å². The summed E-state index contributed by atoms with van der Waals surface area (Å²) in [5.74, 6) is -0.434. The number of fused-ring (bicyclic) bond motifs is 4. The monoisotopic (exact) mass is 1570 g/mol. The number of nitrogen functional groups attached to an aromatic ring is 1. The van der Waals surface area contributed by atoms with Crippen molar-refractivity contribution in [3.05, 3.63) is 168 Å². The fourth-order valence-electron chi connectivity index (χ4n) is 8.97. The summed E-state index contributed by atoms with van der Waals surface area (Å²) < 4.78 is 22.3. The number of imidazole rings is 4. The van der Waals surface area contributed by atoms with Crippen molar-refractivity contribution in [1.82, 2.24) is 42.5 Å². The Kier molecular flexibility index (Phi) is 70.5. The maximum Gasteiger partial charge on any atom is 0.307 e. The van der Waals surface area contributed by atoms with Gasteiger partial charge in [-0.05, 0) is 156 Å². The molecule has 24 heteroatoms. The number of esters is 3. The number of aliphatic carboxylic acids is 1. The van der Waals surface area contributed by atoms with Crippen molar-refractivity contribution in [2.24, 2.45) is 0 Å². The van der Waals surface area contributed by atoms with Gasteiger partial charge in [0.05, 0.1) is 73.1 Å². The number of aliphatic hydroxyl groups excluding tert-OH is 1. The lowest BCUT2D eigenvalue weighted by molar-refractivity contribution is -0.144. The van der Waals surface area contributed by atoms with Crippen LogP contribution in [0.2, 0.25) is 0 Å². The number of aliphatic hydroxyl groups is 1. The van der Waals surface area contributed by atoms with Crippen LogP contribution in [0.4, 0.5) is 5.82 Å². The normalized spacial score (nSPS) is 9.59. The largest absolute Gasteiger partial charge is 0.481 e. The Morgan fingerprint density at radius 2 is 0.787 bits per heavy atom. The van der Waals surface area contributed by atoms with E-state index < -0.39 is 10.8 Å². The predicted octanol–water partition coefficient (Wildman–Crippen LogP) is 18.6. The summed E-state index contributed by atoms with van der Waals surface area (Å²) in [6.07, 6.45) is 17.3. The van der Waals surface area contributed by atoms with Crippen molar-refractivity contribution >= 4 is 91.3 Å². The Bertz CT molecular complexity index is 3840. The van der Waals surface area contributed by atoms with Crippen molar-refractivity contribution in [3.63, 3.8) is 0 Å². The molecule has 0 aliphatic carbocycles. The quantitative estimate of drug-likeness (QED) is 0.0287. The number of carbonyl (C=O) groups is 8. The number of aromatic nitrogens is 9. The van der Waals surface area contributed by atoms with Crippen molar-refractivity contribution in [1.29, 1.82) is 0 Å². The molecule has 0 aliphatic rings. The molecule has 0 fully saturated rings. The number of carbonyl (C=O) groups excluding carboxylic acids is 7. The highest BCUT2D eigenvalue weighted by Gasteiger charge is 2.16. The van der Waals surface area contributed by atoms with E-state index in [9.17, 15) is 38.4 Å². The van der Waals surface area contributed by atoms with Gasteiger partial charge >= 0.3 is 23.9 Å². The van der Waals surface area contributed by atoms with Gasteiger partial charge in [0.25, 0.3) is 0 Å². The Morgan fingerprint density at radius 1 is 0.454 bits per heavy atom. The maximum atomic E-state index is 11.3. The lowest BCUT2D eigenvalue weighted by Gasteiger charge is -2.04. The topological polar surface area (TPSA) is 313 Å². The molecule has 0 amide bonds. The average molecular weight is 1570 g/mol. The zero-order valence-corrected chi connectivity index (χ0v) is 69.3. The van der Waals surface area contributed by atoms with Gasteiger partial charge in [-0.3, -0.25) is 28.8 Å². The zero-order chi connectivity index (χ0) is 81.5. The number of hydrogen-bond donors (Lipinski definition) is 3. The number of ether oxygens (including phenoxy) is 3. The molecule has 23 nitrogen and oxygen atoms in total. The molecule has 606 valence electrons. The third-order valence-corrected chi connectivity index (χ3v) is 14.7. The molecule has 0 bridgehead atoms. The summed E-state index contributed by atoms with van der Waals surface area (Å²) in [4.78, 5) is 107. The Hall–Kier alpha value is -9.29. The van der Waals surface area contributed by atoms with Crippen LogP contribution in [-0.2, 0) is 78.3 Å². The number of ketones is 4. The SMILES string of the molecule is C.C.CC.CC.CC.CC.CC.CCC(=O)CCc1c(C)nc2ccccn12.CCCC(C)=O.CCOC(=O)CC(Br)C(C)=O.CCOC(=O)CCC(C)=O.CCOC(=O)CCc1c(C)nc2ccccn12.Cc1nc2ccccn2c1CCC(=O)O.Cc1nc2ccccn2c1CCCO.Nc1ccccn1. The molecular formula is C84H135BrN10O13. The summed E-state index contributed by atoms with van der Waals surface area (Å²) in [5.41, 5.74) is 17.4. The molecule has 0 aliphatic heterocycles.